The number of nitrogens with one attached hydrogen (secondary N) is 1. The number of aliphatic hydroxyl groups is 1. The van der Waals surface area contributed by atoms with Crippen molar-refractivity contribution in [2.24, 2.45) is 0 Å². The third-order valence-electron chi connectivity index (χ3n) is 4.87. The monoisotopic (exact) mass is 308 g/mol. The van der Waals surface area contributed by atoms with E-state index in [2.05, 4.69) is 35.6 Å². The van der Waals surface area contributed by atoms with Gasteiger partial charge in [0.2, 0.25) is 0 Å². The molecule has 2 bridgehead atoms. The molecule has 118 valence electrons. The number of hydrogen-bond acceptors (Lipinski definition) is 2. The average Bonchev–Trinajstić information content (AvgIpc) is 2.83. The third kappa shape index (κ3) is 2.21. The number of rotatable bonds is 3. The summed E-state index contributed by atoms with van der Waals surface area (Å²) in [5, 5.41) is 11.9. The Balaban J connectivity index is 1.74. The van der Waals surface area contributed by atoms with Crippen molar-refractivity contribution in [2.45, 2.75) is 24.9 Å². The maximum absolute atomic E-state index is 12.7. The summed E-state index contributed by atoms with van der Waals surface area (Å²) in [6, 6.07) is 16.8. The normalized spacial score (nSPS) is 20.8. The minimum atomic E-state index is -0.0425. The van der Waals surface area contributed by atoms with E-state index in [-0.39, 0.29) is 24.7 Å². The molecule has 2 aromatic carbocycles. The number of benzene rings is 2. The highest BCUT2D eigenvalue weighted by Crippen LogP contribution is 2.51. The van der Waals surface area contributed by atoms with E-state index in [1.54, 1.807) is 0 Å². The van der Waals surface area contributed by atoms with Crippen LogP contribution in [-0.2, 0) is 6.42 Å². The minimum Gasteiger partial charge on any atom is -0.396 e. The van der Waals surface area contributed by atoms with Crippen molar-refractivity contribution in [1.82, 2.24) is 10.2 Å². The number of aliphatic hydroxyl groups excluding tert-OH is 1. The molecule has 0 radical (unpaired) electrons. The Hall–Kier alpha value is -2.33. The number of carbonyl (C=O) groups is 1. The molecule has 4 heteroatoms. The molecule has 4 rings (SSSR count). The van der Waals surface area contributed by atoms with Crippen LogP contribution in [0.2, 0.25) is 0 Å². The lowest BCUT2D eigenvalue weighted by molar-refractivity contribution is 0.160. The highest BCUT2D eigenvalue weighted by atomic mass is 16.3. The fourth-order valence-corrected chi connectivity index (χ4v) is 3.89. The molecular formula is C19H20N2O2. The number of hydrogen-bond donors (Lipinski definition) is 2. The van der Waals surface area contributed by atoms with Crippen LogP contribution >= 0.6 is 0 Å². The van der Waals surface area contributed by atoms with Gasteiger partial charge in [0, 0.05) is 13.2 Å². The Morgan fingerprint density at radius 3 is 2.57 bits per heavy atom. The molecular weight excluding hydrogens is 288 g/mol. The Morgan fingerprint density at radius 2 is 1.78 bits per heavy atom. The van der Waals surface area contributed by atoms with Gasteiger partial charge in [-0.2, -0.15) is 0 Å². The molecule has 0 fully saturated rings. The summed E-state index contributed by atoms with van der Waals surface area (Å²) >= 11 is 0. The number of amides is 2. The zero-order chi connectivity index (χ0) is 15.8. The van der Waals surface area contributed by atoms with Crippen LogP contribution in [-0.4, -0.2) is 29.2 Å². The van der Waals surface area contributed by atoms with E-state index < -0.39 is 0 Å². The Bertz CT molecular complexity index is 733. The van der Waals surface area contributed by atoms with Gasteiger partial charge in [-0.15, -0.1) is 0 Å². The zero-order valence-electron chi connectivity index (χ0n) is 12.9. The molecule has 2 N–H and O–H groups in total. The fourth-order valence-electron chi connectivity index (χ4n) is 3.89. The summed E-state index contributed by atoms with van der Waals surface area (Å²) in [4.78, 5) is 14.7. The van der Waals surface area contributed by atoms with Crippen molar-refractivity contribution in [3.63, 3.8) is 0 Å². The van der Waals surface area contributed by atoms with Gasteiger partial charge in [0.15, 0.2) is 0 Å². The molecule has 23 heavy (non-hydrogen) atoms. The standard InChI is InChI=1S/C19H20N2O2/c22-11-5-10-20-19(23)21-17-12-13-6-1-2-7-14(13)18(21)16-9-4-3-8-15(16)17/h1-4,6-9,17-18,22H,5,10-12H2,(H,20,23). The Labute approximate surface area is 135 Å². The topological polar surface area (TPSA) is 52.6 Å². The minimum absolute atomic E-state index is 0.00437. The first-order valence-corrected chi connectivity index (χ1v) is 8.15. The average molecular weight is 308 g/mol. The predicted octanol–water partition coefficient (Wildman–Crippen LogP) is 2.78. The van der Waals surface area contributed by atoms with Crippen molar-refractivity contribution < 1.29 is 9.90 Å². The van der Waals surface area contributed by atoms with E-state index in [0.29, 0.717) is 13.0 Å². The van der Waals surface area contributed by atoms with Crippen LogP contribution in [0.1, 0.15) is 40.8 Å². The summed E-state index contributed by atoms with van der Waals surface area (Å²) in [5.41, 5.74) is 5.05. The zero-order valence-corrected chi connectivity index (χ0v) is 12.9. The smallest absolute Gasteiger partial charge is 0.318 e. The molecule has 2 aliphatic rings. The van der Waals surface area contributed by atoms with Crippen molar-refractivity contribution in [3.05, 3.63) is 70.8 Å². The van der Waals surface area contributed by atoms with Crippen molar-refractivity contribution >= 4 is 6.03 Å². The quantitative estimate of drug-likeness (QED) is 0.857. The van der Waals surface area contributed by atoms with Gasteiger partial charge < -0.3 is 15.3 Å². The van der Waals surface area contributed by atoms with Crippen LogP contribution in [0.3, 0.4) is 0 Å². The van der Waals surface area contributed by atoms with Crippen LogP contribution in [0.4, 0.5) is 4.79 Å². The maximum atomic E-state index is 12.7. The largest absolute Gasteiger partial charge is 0.396 e. The van der Waals surface area contributed by atoms with Gasteiger partial charge >= 0.3 is 6.03 Å². The van der Waals surface area contributed by atoms with Gasteiger partial charge in [-0.25, -0.2) is 4.79 Å². The molecule has 2 atom stereocenters. The van der Waals surface area contributed by atoms with E-state index in [4.69, 9.17) is 5.11 Å². The van der Waals surface area contributed by atoms with Crippen molar-refractivity contribution in [2.75, 3.05) is 13.2 Å². The SMILES string of the molecule is O=C(NCCCO)N1C2Cc3ccccc3C1c1ccccc12. The molecule has 2 heterocycles. The fraction of sp³-hybridized carbons (Fsp3) is 0.316. The van der Waals surface area contributed by atoms with Crippen LogP contribution in [0.5, 0.6) is 0 Å². The van der Waals surface area contributed by atoms with Gasteiger partial charge in [-0.05, 0) is 35.1 Å². The molecule has 0 aliphatic carbocycles. The summed E-state index contributed by atoms with van der Waals surface area (Å²) in [6.45, 7) is 0.597. The maximum Gasteiger partial charge on any atom is 0.318 e. The van der Waals surface area contributed by atoms with Crippen molar-refractivity contribution in [1.29, 1.82) is 0 Å². The first kappa shape index (κ1) is 14.3. The molecule has 0 spiro atoms. The Morgan fingerprint density at radius 1 is 1.09 bits per heavy atom. The van der Waals surface area contributed by atoms with Crippen LogP contribution < -0.4 is 5.32 Å². The second-order valence-electron chi connectivity index (χ2n) is 6.17. The number of carbonyl (C=O) groups excluding carboxylic acids is 1. The lowest BCUT2D eigenvalue weighted by Crippen LogP contribution is -2.44. The highest BCUT2D eigenvalue weighted by molar-refractivity contribution is 5.78. The first-order chi connectivity index (χ1) is 11.3. The number of nitrogens with zero attached hydrogens (tertiary/aromatic N) is 1. The van der Waals surface area contributed by atoms with Gasteiger partial charge in [-0.3, -0.25) is 0 Å². The van der Waals surface area contributed by atoms with Crippen LogP contribution in [0.25, 0.3) is 0 Å². The lowest BCUT2D eigenvalue weighted by atomic mass is 9.92. The Kier molecular flexibility index (Phi) is 3.54. The molecule has 0 saturated carbocycles. The van der Waals surface area contributed by atoms with Crippen LogP contribution in [0, 0.1) is 0 Å². The second-order valence-corrected chi connectivity index (χ2v) is 6.17. The van der Waals surface area contributed by atoms with E-state index >= 15 is 0 Å². The lowest BCUT2D eigenvalue weighted by Gasteiger charge is -2.36. The molecule has 0 aromatic heterocycles. The summed E-state index contributed by atoms with van der Waals surface area (Å²) < 4.78 is 0. The molecule has 2 unspecified atom stereocenters. The van der Waals surface area contributed by atoms with Gasteiger partial charge in [-0.1, -0.05) is 48.5 Å². The van der Waals surface area contributed by atoms with Crippen molar-refractivity contribution in [3.8, 4) is 0 Å². The summed E-state index contributed by atoms with van der Waals surface area (Å²) in [5.74, 6) is 0. The number of fused-ring (bicyclic) bond motifs is 7. The molecule has 2 aliphatic heterocycles. The van der Waals surface area contributed by atoms with E-state index in [9.17, 15) is 4.79 Å². The predicted molar refractivity (Wildman–Crippen MR) is 88.1 cm³/mol. The van der Waals surface area contributed by atoms with Gasteiger partial charge in [0.1, 0.15) is 0 Å². The van der Waals surface area contributed by atoms with Crippen LogP contribution in [0.15, 0.2) is 48.5 Å². The molecule has 0 saturated heterocycles. The highest BCUT2D eigenvalue weighted by Gasteiger charge is 2.45. The van der Waals surface area contributed by atoms with Gasteiger partial charge in [0.25, 0.3) is 0 Å². The molecule has 2 aromatic rings. The third-order valence-corrected chi connectivity index (χ3v) is 4.87. The summed E-state index contributed by atoms with van der Waals surface area (Å²) in [7, 11) is 0. The second kappa shape index (κ2) is 5.70. The van der Waals surface area contributed by atoms with Gasteiger partial charge in [0.05, 0.1) is 12.1 Å². The van der Waals surface area contributed by atoms with E-state index in [0.717, 1.165) is 6.42 Å². The summed E-state index contributed by atoms with van der Waals surface area (Å²) in [6.07, 6.45) is 1.44. The van der Waals surface area contributed by atoms with E-state index in [1.807, 2.05) is 23.1 Å². The number of urea groups is 1. The van der Waals surface area contributed by atoms with E-state index in [1.165, 1.54) is 22.3 Å². The first-order valence-electron chi connectivity index (χ1n) is 8.15. The molecule has 2 amide bonds. The molecule has 4 nitrogen and oxygen atoms in total.